The predicted octanol–water partition coefficient (Wildman–Crippen LogP) is 1.05. The van der Waals surface area contributed by atoms with Crippen LogP contribution in [0.25, 0.3) is 0 Å². The maximum Gasteiger partial charge on any atom is 0.230 e. The Morgan fingerprint density at radius 3 is 2.52 bits per heavy atom. The van der Waals surface area contributed by atoms with E-state index in [2.05, 4.69) is 15.5 Å². The van der Waals surface area contributed by atoms with Crippen molar-refractivity contribution < 1.29 is 9.59 Å². The van der Waals surface area contributed by atoms with E-state index >= 15 is 0 Å². The molecule has 0 spiro atoms. The number of nitrogens with one attached hydrogen (secondary N) is 2. The van der Waals surface area contributed by atoms with Gasteiger partial charge in [-0.3, -0.25) is 14.5 Å². The van der Waals surface area contributed by atoms with Crippen LogP contribution in [0.4, 0.5) is 0 Å². The Morgan fingerprint density at radius 1 is 1.13 bits per heavy atom. The van der Waals surface area contributed by atoms with Crippen molar-refractivity contribution in [2.75, 3.05) is 50.8 Å². The van der Waals surface area contributed by atoms with Gasteiger partial charge in [-0.05, 0) is 0 Å². The molecule has 128 valence electrons. The molecule has 0 bridgehead atoms. The van der Waals surface area contributed by atoms with Crippen LogP contribution in [0.5, 0.6) is 0 Å². The highest BCUT2D eigenvalue weighted by molar-refractivity contribution is 8.00. The van der Waals surface area contributed by atoms with Crippen molar-refractivity contribution >= 4 is 35.9 Å². The van der Waals surface area contributed by atoms with Gasteiger partial charge in [0.15, 0.2) is 5.78 Å². The number of amides is 1. The molecule has 23 heavy (non-hydrogen) atoms. The first-order valence-electron chi connectivity index (χ1n) is 7.61. The fraction of sp³-hybridized carbons (Fsp3) is 0.500. The number of nitrogens with zero attached hydrogens (tertiary/aromatic N) is 1. The molecule has 2 N–H and O–H groups in total. The van der Waals surface area contributed by atoms with Crippen molar-refractivity contribution in [3.8, 4) is 0 Å². The Bertz CT molecular complexity index is 481. The first kappa shape index (κ1) is 20.0. The normalized spacial score (nSPS) is 14.8. The lowest BCUT2D eigenvalue weighted by molar-refractivity contribution is -0.118. The second kappa shape index (κ2) is 11.5. The van der Waals surface area contributed by atoms with Gasteiger partial charge >= 0.3 is 0 Å². The average Bonchev–Trinajstić information content (AvgIpc) is 2.56. The summed E-state index contributed by atoms with van der Waals surface area (Å²) in [7, 11) is 0. The van der Waals surface area contributed by atoms with E-state index in [1.165, 1.54) is 11.8 Å². The molecule has 0 aliphatic carbocycles. The Balaban J connectivity index is 0.00000264. The number of hydrogen-bond acceptors (Lipinski definition) is 5. The summed E-state index contributed by atoms with van der Waals surface area (Å²) in [5.41, 5.74) is 0.703. The van der Waals surface area contributed by atoms with Gasteiger partial charge in [0.2, 0.25) is 5.91 Å². The standard InChI is InChI=1S/C16H23N3O2S.ClH/c20-15(14-4-2-1-3-5-14)12-22-13-16(21)18-8-11-19-9-6-17-7-10-19;/h1-5,17H,6-13H2,(H,18,21);1H. The SMILES string of the molecule is Cl.O=C(CSCC(=O)c1ccccc1)NCCN1CCNCC1. The fourth-order valence-corrected chi connectivity index (χ4v) is 3.02. The van der Waals surface area contributed by atoms with E-state index in [9.17, 15) is 9.59 Å². The van der Waals surface area contributed by atoms with Crippen LogP contribution in [0.2, 0.25) is 0 Å². The average molecular weight is 358 g/mol. The highest BCUT2D eigenvalue weighted by Crippen LogP contribution is 2.06. The molecule has 1 saturated heterocycles. The van der Waals surface area contributed by atoms with E-state index in [1.807, 2.05) is 18.2 Å². The minimum Gasteiger partial charge on any atom is -0.354 e. The molecule has 0 radical (unpaired) electrons. The number of piperazine rings is 1. The number of thioether (sulfide) groups is 1. The molecule has 1 aliphatic heterocycles. The maximum atomic E-state index is 11.9. The first-order valence-corrected chi connectivity index (χ1v) is 8.77. The smallest absolute Gasteiger partial charge is 0.230 e. The Labute approximate surface area is 148 Å². The van der Waals surface area contributed by atoms with E-state index in [1.54, 1.807) is 12.1 Å². The minimum atomic E-state index is 0. The highest BCUT2D eigenvalue weighted by atomic mass is 35.5. The van der Waals surface area contributed by atoms with Crippen LogP contribution < -0.4 is 10.6 Å². The van der Waals surface area contributed by atoms with E-state index in [0.717, 1.165) is 32.7 Å². The van der Waals surface area contributed by atoms with Gasteiger partial charge in [-0.2, -0.15) is 0 Å². The molecule has 0 aromatic heterocycles. The third kappa shape index (κ3) is 7.83. The van der Waals surface area contributed by atoms with E-state index < -0.39 is 0 Å². The summed E-state index contributed by atoms with van der Waals surface area (Å²) >= 11 is 1.37. The van der Waals surface area contributed by atoms with Gasteiger partial charge in [-0.1, -0.05) is 30.3 Å². The van der Waals surface area contributed by atoms with Crippen LogP contribution in [0, 0.1) is 0 Å². The quantitative estimate of drug-likeness (QED) is 0.681. The molecule has 1 heterocycles. The molecule has 1 aromatic rings. The van der Waals surface area contributed by atoms with E-state index in [-0.39, 0.29) is 24.1 Å². The number of ketones is 1. The Hall–Kier alpha value is -1.08. The van der Waals surface area contributed by atoms with Gasteiger partial charge in [-0.15, -0.1) is 24.2 Å². The van der Waals surface area contributed by atoms with Crippen molar-refractivity contribution in [1.82, 2.24) is 15.5 Å². The van der Waals surface area contributed by atoms with Crippen LogP contribution in [-0.4, -0.2) is 67.4 Å². The van der Waals surface area contributed by atoms with Gasteiger partial charge in [0.1, 0.15) is 0 Å². The zero-order valence-electron chi connectivity index (χ0n) is 13.1. The van der Waals surface area contributed by atoms with Crippen molar-refractivity contribution in [1.29, 1.82) is 0 Å². The van der Waals surface area contributed by atoms with E-state index in [4.69, 9.17) is 0 Å². The van der Waals surface area contributed by atoms with Crippen molar-refractivity contribution in [3.05, 3.63) is 35.9 Å². The van der Waals surface area contributed by atoms with Gasteiger partial charge in [-0.25, -0.2) is 0 Å². The van der Waals surface area contributed by atoms with Crippen LogP contribution in [0.15, 0.2) is 30.3 Å². The Kier molecular flexibility index (Phi) is 9.94. The summed E-state index contributed by atoms with van der Waals surface area (Å²) in [4.78, 5) is 25.9. The number of benzene rings is 1. The second-order valence-corrected chi connectivity index (χ2v) is 6.21. The van der Waals surface area contributed by atoms with Crippen molar-refractivity contribution in [2.24, 2.45) is 0 Å². The summed E-state index contributed by atoms with van der Waals surface area (Å²) < 4.78 is 0. The van der Waals surface area contributed by atoms with Gasteiger partial charge in [0.25, 0.3) is 0 Å². The summed E-state index contributed by atoms with van der Waals surface area (Å²) in [5, 5.41) is 6.21. The molecular formula is C16H24ClN3O2S. The molecule has 5 nitrogen and oxygen atoms in total. The molecule has 0 atom stereocenters. The lowest BCUT2D eigenvalue weighted by atomic mass is 10.2. The molecule has 1 aliphatic rings. The lowest BCUT2D eigenvalue weighted by Crippen LogP contribution is -2.46. The maximum absolute atomic E-state index is 11.9. The molecule has 1 fully saturated rings. The van der Waals surface area contributed by atoms with Crippen molar-refractivity contribution in [2.45, 2.75) is 0 Å². The first-order chi connectivity index (χ1) is 10.8. The lowest BCUT2D eigenvalue weighted by Gasteiger charge is -2.27. The zero-order valence-corrected chi connectivity index (χ0v) is 14.8. The van der Waals surface area contributed by atoms with Crippen molar-refractivity contribution in [3.63, 3.8) is 0 Å². The van der Waals surface area contributed by atoms with Gasteiger partial charge in [0.05, 0.1) is 11.5 Å². The van der Waals surface area contributed by atoms with Crippen LogP contribution in [0.1, 0.15) is 10.4 Å². The molecule has 2 rings (SSSR count). The number of Topliss-reactive ketones (excluding diaryl/α,β-unsaturated/α-hetero) is 1. The third-order valence-electron chi connectivity index (χ3n) is 3.52. The van der Waals surface area contributed by atoms with Gasteiger partial charge < -0.3 is 10.6 Å². The number of rotatable bonds is 8. The number of carbonyl (C=O) groups excluding carboxylic acids is 2. The molecule has 7 heteroatoms. The van der Waals surface area contributed by atoms with Gasteiger partial charge in [0, 0.05) is 44.8 Å². The number of carbonyl (C=O) groups is 2. The topological polar surface area (TPSA) is 61.4 Å². The fourth-order valence-electron chi connectivity index (χ4n) is 2.28. The molecule has 1 amide bonds. The van der Waals surface area contributed by atoms with Crippen LogP contribution in [-0.2, 0) is 4.79 Å². The molecule has 0 saturated carbocycles. The molecular weight excluding hydrogens is 334 g/mol. The monoisotopic (exact) mass is 357 g/mol. The molecule has 0 unspecified atom stereocenters. The summed E-state index contributed by atoms with van der Waals surface area (Å²) in [5.74, 6) is 0.746. The molecule has 1 aromatic carbocycles. The van der Waals surface area contributed by atoms with Crippen LogP contribution in [0.3, 0.4) is 0 Å². The highest BCUT2D eigenvalue weighted by Gasteiger charge is 2.10. The number of halogens is 1. The summed E-state index contributed by atoms with van der Waals surface area (Å²) in [6.07, 6.45) is 0. The predicted molar refractivity (Wildman–Crippen MR) is 97.7 cm³/mol. The van der Waals surface area contributed by atoms with E-state index in [0.29, 0.717) is 23.6 Å². The second-order valence-electron chi connectivity index (χ2n) is 5.22. The summed E-state index contributed by atoms with van der Waals surface area (Å²) in [6, 6.07) is 9.18. The Morgan fingerprint density at radius 2 is 1.83 bits per heavy atom. The minimum absolute atomic E-state index is 0. The largest absolute Gasteiger partial charge is 0.354 e. The number of hydrogen-bond donors (Lipinski definition) is 2. The summed E-state index contributed by atoms with van der Waals surface area (Å²) in [6.45, 7) is 5.68. The third-order valence-corrected chi connectivity index (χ3v) is 4.45. The zero-order chi connectivity index (χ0) is 15.6. The van der Waals surface area contributed by atoms with Crippen LogP contribution >= 0.6 is 24.2 Å².